The molecule has 2 heterocycles. The average Bonchev–Trinajstić information content (AvgIpc) is 2.97. The van der Waals surface area contributed by atoms with Gasteiger partial charge in [-0.3, -0.25) is 0 Å². The standard InChI is InChI=1S/C18H24N4O2S2/c1-13-8-9-17-14(2)22(11-10-21(13)17)18(25)19-15-6-5-7-16(12-15)26(23,24)20(3)4/h5-9,12,14H,10-11H2,1-4H3,(H,19,25)/t14-/m1/s1. The number of hydrogen-bond donors (Lipinski definition) is 1. The molecule has 1 aliphatic heterocycles. The van der Waals surface area contributed by atoms with E-state index < -0.39 is 10.0 Å². The summed E-state index contributed by atoms with van der Waals surface area (Å²) in [6, 6.07) is 11.2. The summed E-state index contributed by atoms with van der Waals surface area (Å²) in [5, 5.41) is 3.80. The van der Waals surface area contributed by atoms with Gasteiger partial charge in [-0.05, 0) is 56.4 Å². The number of anilines is 1. The number of fused-ring (bicyclic) bond motifs is 1. The van der Waals surface area contributed by atoms with Crippen LogP contribution in [0.15, 0.2) is 41.3 Å². The van der Waals surface area contributed by atoms with Crippen molar-refractivity contribution in [1.29, 1.82) is 0 Å². The lowest BCUT2D eigenvalue weighted by Crippen LogP contribution is -2.43. The average molecular weight is 393 g/mol. The van der Waals surface area contributed by atoms with Gasteiger partial charge in [0, 0.05) is 44.3 Å². The number of rotatable bonds is 3. The maximum absolute atomic E-state index is 12.3. The van der Waals surface area contributed by atoms with E-state index >= 15 is 0 Å². The first-order valence-corrected chi connectivity index (χ1v) is 10.3. The third-order valence-electron chi connectivity index (χ3n) is 4.82. The minimum Gasteiger partial charge on any atom is -0.345 e. The minimum atomic E-state index is -3.47. The molecule has 0 unspecified atom stereocenters. The second-order valence-corrected chi connectivity index (χ2v) is 9.20. The third kappa shape index (κ3) is 3.36. The highest BCUT2D eigenvalue weighted by Gasteiger charge is 2.26. The Labute approximate surface area is 160 Å². The Morgan fingerprint density at radius 2 is 1.96 bits per heavy atom. The Bertz CT molecular complexity index is 934. The van der Waals surface area contributed by atoms with Crippen LogP contribution >= 0.6 is 12.2 Å². The molecule has 0 fully saturated rings. The molecule has 0 radical (unpaired) electrons. The fourth-order valence-corrected chi connectivity index (χ4v) is 4.55. The Morgan fingerprint density at radius 3 is 2.65 bits per heavy atom. The Balaban J connectivity index is 1.79. The van der Waals surface area contributed by atoms with E-state index in [-0.39, 0.29) is 10.9 Å². The highest BCUT2D eigenvalue weighted by Crippen LogP contribution is 2.28. The summed E-state index contributed by atoms with van der Waals surface area (Å²) in [4.78, 5) is 2.38. The van der Waals surface area contributed by atoms with Gasteiger partial charge in [0.15, 0.2) is 5.11 Å². The molecule has 8 heteroatoms. The number of aryl methyl sites for hydroxylation is 1. The zero-order chi connectivity index (χ0) is 19.1. The van der Waals surface area contributed by atoms with E-state index in [0.717, 1.165) is 13.1 Å². The number of nitrogens with one attached hydrogen (secondary N) is 1. The van der Waals surface area contributed by atoms with Crippen molar-refractivity contribution in [2.45, 2.75) is 31.3 Å². The van der Waals surface area contributed by atoms with E-state index in [1.165, 1.54) is 29.8 Å². The first-order valence-electron chi connectivity index (χ1n) is 8.48. The van der Waals surface area contributed by atoms with E-state index in [2.05, 4.69) is 40.8 Å². The maximum atomic E-state index is 12.3. The van der Waals surface area contributed by atoms with Crippen molar-refractivity contribution in [1.82, 2.24) is 13.8 Å². The summed E-state index contributed by atoms with van der Waals surface area (Å²) < 4.78 is 28.1. The number of benzene rings is 1. The first kappa shape index (κ1) is 18.9. The van der Waals surface area contributed by atoms with E-state index in [0.29, 0.717) is 10.8 Å². The van der Waals surface area contributed by atoms with Gasteiger partial charge in [0.1, 0.15) is 0 Å². The van der Waals surface area contributed by atoms with E-state index in [1.807, 2.05) is 6.07 Å². The molecular weight excluding hydrogens is 368 g/mol. The van der Waals surface area contributed by atoms with Crippen LogP contribution in [0.25, 0.3) is 0 Å². The van der Waals surface area contributed by atoms with Crippen molar-refractivity contribution in [3.8, 4) is 0 Å². The fraction of sp³-hybridized carbons (Fsp3) is 0.389. The molecule has 1 aromatic carbocycles. The Morgan fingerprint density at radius 1 is 1.23 bits per heavy atom. The SMILES string of the molecule is Cc1ccc2n1CCN(C(=S)Nc1cccc(S(=O)(=O)N(C)C)c1)[C@@H]2C. The molecule has 2 aromatic rings. The number of sulfonamides is 1. The second kappa shape index (κ2) is 7.02. The highest BCUT2D eigenvalue weighted by molar-refractivity contribution is 7.89. The molecule has 0 spiro atoms. The van der Waals surface area contributed by atoms with Crippen molar-refractivity contribution in [3.63, 3.8) is 0 Å². The van der Waals surface area contributed by atoms with Crippen LogP contribution in [0.2, 0.25) is 0 Å². The second-order valence-electron chi connectivity index (χ2n) is 6.67. The Kier molecular flexibility index (Phi) is 5.09. The van der Waals surface area contributed by atoms with Gasteiger partial charge in [0.05, 0.1) is 10.9 Å². The Hall–Kier alpha value is -1.90. The summed E-state index contributed by atoms with van der Waals surface area (Å²) in [6.07, 6.45) is 0. The van der Waals surface area contributed by atoms with Gasteiger partial charge in [0.2, 0.25) is 10.0 Å². The summed E-state index contributed by atoms with van der Waals surface area (Å²) in [7, 11) is -0.434. The first-order chi connectivity index (χ1) is 12.2. The smallest absolute Gasteiger partial charge is 0.242 e. The summed E-state index contributed by atoms with van der Waals surface area (Å²) in [5.74, 6) is 0. The van der Waals surface area contributed by atoms with Crippen LogP contribution in [0.3, 0.4) is 0 Å². The molecule has 1 N–H and O–H groups in total. The minimum absolute atomic E-state index is 0.158. The number of thiocarbonyl (C=S) groups is 1. The van der Waals surface area contributed by atoms with Gasteiger partial charge < -0.3 is 14.8 Å². The molecule has 3 rings (SSSR count). The van der Waals surface area contributed by atoms with E-state index in [4.69, 9.17) is 12.2 Å². The topological polar surface area (TPSA) is 57.6 Å². The van der Waals surface area contributed by atoms with Gasteiger partial charge in [-0.2, -0.15) is 0 Å². The van der Waals surface area contributed by atoms with Crippen LogP contribution in [-0.2, 0) is 16.6 Å². The molecule has 6 nitrogen and oxygen atoms in total. The number of hydrogen-bond acceptors (Lipinski definition) is 3. The van der Waals surface area contributed by atoms with Gasteiger partial charge >= 0.3 is 0 Å². The largest absolute Gasteiger partial charge is 0.345 e. The molecule has 1 atom stereocenters. The van der Waals surface area contributed by atoms with Crippen LogP contribution in [0.1, 0.15) is 24.4 Å². The molecule has 0 saturated heterocycles. The van der Waals surface area contributed by atoms with Crippen LogP contribution in [0.4, 0.5) is 5.69 Å². The van der Waals surface area contributed by atoms with Crippen LogP contribution in [0, 0.1) is 6.92 Å². The lowest BCUT2D eigenvalue weighted by molar-refractivity contribution is 0.274. The van der Waals surface area contributed by atoms with Gasteiger partial charge in [-0.15, -0.1) is 0 Å². The maximum Gasteiger partial charge on any atom is 0.242 e. The quantitative estimate of drug-likeness (QED) is 0.814. The molecule has 1 aliphatic rings. The van der Waals surface area contributed by atoms with Crippen molar-refractivity contribution in [2.24, 2.45) is 0 Å². The summed E-state index contributed by atoms with van der Waals surface area (Å²) >= 11 is 5.60. The zero-order valence-corrected chi connectivity index (χ0v) is 17.1. The normalized spacial score (nSPS) is 17.3. The van der Waals surface area contributed by atoms with E-state index in [1.54, 1.807) is 18.2 Å². The molecule has 0 aliphatic carbocycles. The van der Waals surface area contributed by atoms with Crippen LogP contribution < -0.4 is 5.32 Å². The predicted octanol–water partition coefficient (Wildman–Crippen LogP) is 2.82. The molecule has 0 amide bonds. The molecular formula is C18H24N4O2S2. The lowest BCUT2D eigenvalue weighted by atomic mass is 10.1. The molecule has 1 aromatic heterocycles. The highest BCUT2D eigenvalue weighted by atomic mass is 32.2. The molecule has 0 saturated carbocycles. The number of nitrogens with zero attached hydrogens (tertiary/aromatic N) is 3. The molecule has 26 heavy (non-hydrogen) atoms. The summed E-state index contributed by atoms with van der Waals surface area (Å²) in [5.41, 5.74) is 3.16. The predicted molar refractivity (Wildman–Crippen MR) is 108 cm³/mol. The number of aromatic nitrogens is 1. The van der Waals surface area contributed by atoms with Crippen molar-refractivity contribution < 1.29 is 8.42 Å². The van der Waals surface area contributed by atoms with Gasteiger partial charge in [-0.1, -0.05) is 6.07 Å². The monoisotopic (exact) mass is 392 g/mol. The molecule has 0 bridgehead atoms. The van der Waals surface area contributed by atoms with Crippen molar-refractivity contribution in [2.75, 3.05) is 26.0 Å². The summed E-state index contributed by atoms with van der Waals surface area (Å²) in [6.45, 7) is 5.94. The van der Waals surface area contributed by atoms with Crippen LogP contribution in [0.5, 0.6) is 0 Å². The van der Waals surface area contributed by atoms with Gasteiger partial charge in [0.25, 0.3) is 0 Å². The van der Waals surface area contributed by atoms with Crippen molar-refractivity contribution in [3.05, 3.63) is 47.8 Å². The van der Waals surface area contributed by atoms with Gasteiger partial charge in [-0.25, -0.2) is 12.7 Å². The fourth-order valence-electron chi connectivity index (χ4n) is 3.24. The van der Waals surface area contributed by atoms with Crippen LogP contribution in [-0.4, -0.2) is 47.9 Å². The zero-order valence-electron chi connectivity index (χ0n) is 15.4. The lowest BCUT2D eigenvalue weighted by Gasteiger charge is -2.37. The van der Waals surface area contributed by atoms with Crippen molar-refractivity contribution >= 4 is 33.0 Å². The van der Waals surface area contributed by atoms with E-state index in [9.17, 15) is 8.42 Å². The molecule has 140 valence electrons. The third-order valence-corrected chi connectivity index (χ3v) is 6.97.